The Bertz CT molecular complexity index is 1270. The quantitative estimate of drug-likeness (QED) is 0.592. The molecule has 1 aromatic heterocycles. The molecule has 1 N–H and O–H groups in total. The maximum Gasteiger partial charge on any atom is 0.246 e. The predicted molar refractivity (Wildman–Crippen MR) is 115 cm³/mol. The van der Waals surface area contributed by atoms with E-state index in [-0.39, 0.29) is 51.4 Å². The molecule has 0 spiro atoms. The molecule has 2 aliphatic rings. The summed E-state index contributed by atoms with van der Waals surface area (Å²) in [7, 11) is 0. The van der Waals surface area contributed by atoms with Crippen molar-refractivity contribution in [3.8, 4) is 22.6 Å². The zero-order valence-electron chi connectivity index (χ0n) is 16.7. The first-order valence-electron chi connectivity index (χ1n) is 9.86. The van der Waals surface area contributed by atoms with Crippen molar-refractivity contribution in [1.29, 1.82) is 0 Å². The summed E-state index contributed by atoms with van der Waals surface area (Å²) < 4.78 is 36.3. The van der Waals surface area contributed by atoms with Gasteiger partial charge in [-0.05, 0) is 18.2 Å². The lowest BCUT2D eigenvalue weighted by molar-refractivity contribution is -0.126. The van der Waals surface area contributed by atoms with Crippen molar-refractivity contribution in [2.24, 2.45) is 0 Å². The van der Waals surface area contributed by atoms with Gasteiger partial charge in [-0.25, -0.2) is 18.7 Å². The van der Waals surface area contributed by atoms with E-state index in [0.29, 0.717) is 25.5 Å². The Kier molecular flexibility index (Phi) is 4.85. The molecule has 1 amide bonds. The van der Waals surface area contributed by atoms with E-state index in [2.05, 4.69) is 16.5 Å². The molecule has 3 aromatic rings. The van der Waals surface area contributed by atoms with Crippen LogP contribution >= 0.6 is 11.6 Å². The Labute approximate surface area is 186 Å². The number of hydrogen-bond donors (Lipinski definition) is 1. The Morgan fingerprint density at radius 3 is 2.84 bits per heavy atom. The number of nitrogens with zero attached hydrogens (tertiary/aromatic N) is 4. The summed E-state index contributed by atoms with van der Waals surface area (Å²) >= 11 is 6.55. The third-order valence-corrected chi connectivity index (χ3v) is 6.16. The lowest BCUT2D eigenvalue weighted by Crippen LogP contribution is -2.56. The number of aromatic hydroxyl groups is 1. The number of amides is 1. The molecule has 5 rings (SSSR count). The van der Waals surface area contributed by atoms with Gasteiger partial charge in [-0.15, -0.1) is 0 Å². The van der Waals surface area contributed by atoms with Gasteiger partial charge in [-0.2, -0.15) is 0 Å². The lowest BCUT2D eigenvalue weighted by Gasteiger charge is -2.40. The van der Waals surface area contributed by atoms with Crippen LogP contribution < -0.4 is 9.64 Å². The molecule has 1 fully saturated rings. The summed E-state index contributed by atoms with van der Waals surface area (Å²) in [5, 5.41) is 10.3. The van der Waals surface area contributed by atoms with Crippen molar-refractivity contribution in [3.05, 3.63) is 53.8 Å². The number of ether oxygens (including phenoxy) is 1. The van der Waals surface area contributed by atoms with E-state index in [9.17, 15) is 14.3 Å². The minimum Gasteiger partial charge on any atom is -0.507 e. The second-order valence-electron chi connectivity index (χ2n) is 7.53. The Morgan fingerprint density at radius 2 is 2.09 bits per heavy atom. The van der Waals surface area contributed by atoms with Crippen molar-refractivity contribution < 1.29 is 23.4 Å². The average molecular weight is 459 g/mol. The van der Waals surface area contributed by atoms with Crippen LogP contribution in [0.5, 0.6) is 11.5 Å². The van der Waals surface area contributed by atoms with E-state index < -0.39 is 17.4 Å². The summed E-state index contributed by atoms with van der Waals surface area (Å²) in [5.74, 6) is -1.86. The smallest absolute Gasteiger partial charge is 0.246 e. The van der Waals surface area contributed by atoms with Crippen LogP contribution in [0.15, 0.2) is 37.2 Å². The Hall–Kier alpha value is -3.46. The SMILES string of the molecule is C=CC(=O)N1CCN2c3ncnc4c(F)c(-c5c(O)cccc5F)c(Cl)c(c34)OC[C@@H]2C1. The fraction of sp³-hybridized carbons (Fsp3) is 0.227. The fourth-order valence-corrected chi connectivity index (χ4v) is 4.63. The van der Waals surface area contributed by atoms with Gasteiger partial charge in [-0.1, -0.05) is 24.2 Å². The number of carbonyl (C=O) groups is 1. The minimum absolute atomic E-state index is 0.0997. The number of piperazine rings is 1. The second-order valence-corrected chi connectivity index (χ2v) is 7.91. The molecule has 0 bridgehead atoms. The topological polar surface area (TPSA) is 78.8 Å². The number of anilines is 1. The third kappa shape index (κ3) is 2.96. The van der Waals surface area contributed by atoms with Crippen molar-refractivity contribution in [1.82, 2.24) is 14.9 Å². The highest BCUT2D eigenvalue weighted by molar-refractivity contribution is 6.36. The largest absolute Gasteiger partial charge is 0.507 e. The molecule has 164 valence electrons. The highest BCUT2D eigenvalue weighted by atomic mass is 35.5. The summed E-state index contributed by atoms with van der Waals surface area (Å²) in [6.45, 7) is 4.88. The fourth-order valence-electron chi connectivity index (χ4n) is 4.31. The second kappa shape index (κ2) is 7.59. The van der Waals surface area contributed by atoms with E-state index in [1.165, 1.54) is 24.5 Å². The van der Waals surface area contributed by atoms with Crippen molar-refractivity contribution >= 4 is 34.2 Å². The van der Waals surface area contributed by atoms with Gasteiger partial charge in [0, 0.05) is 25.2 Å². The van der Waals surface area contributed by atoms with Crippen LogP contribution in [0, 0.1) is 11.6 Å². The minimum atomic E-state index is -0.889. The lowest BCUT2D eigenvalue weighted by atomic mass is 10.00. The molecule has 0 unspecified atom stereocenters. The first-order chi connectivity index (χ1) is 15.4. The summed E-state index contributed by atoms with van der Waals surface area (Å²) in [5.41, 5.74) is -0.809. The number of phenolic OH excluding ortho intramolecular Hbond substituents is 1. The van der Waals surface area contributed by atoms with Crippen molar-refractivity contribution in [3.63, 3.8) is 0 Å². The molecule has 1 saturated heterocycles. The van der Waals surface area contributed by atoms with Crippen LogP contribution in [0.1, 0.15) is 0 Å². The van der Waals surface area contributed by atoms with Gasteiger partial charge in [0.05, 0.1) is 22.0 Å². The van der Waals surface area contributed by atoms with Crippen LogP contribution in [0.4, 0.5) is 14.6 Å². The van der Waals surface area contributed by atoms with E-state index in [4.69, 9.17) is 16.3 Å². The molecule has 0 aliphatic carbocycles. The summed E-state index contributed by atoms with van der Waals surface area (Å²) in [6.07, 6.45) is 2.47. The highest BCUT2D eigenvalue weighted by Crippen LogP contribution is 2.49. The number of carbonyl (C=O) groups excluding carboxylic acids is 1. The molecule has 0 radical (unpaired) electrons. The highest BCUT2D eigenvalue weighted by Gasteiger charge is 2.37. The van der Waals surface area contributed by atoms with E-state index >= 15 is 4.39 Å². The van der Waals surface area contributed by atoms with Gasteiger partial charge in [0.15, 0.2) is 11.6 Å². The third-order valence-electron chi connectivity index (χ3n) is 5.80. The summed E-state index contributed by atoms with van der Waals surface area (Å²) in [4.78, 5) is 24.1. The van der Waals surface area contributed by atoms with Crippen LogP contribution in [0.2, 0.25) is 5.02 Å². The van der Waals surface area contributed by atoms with Crippen LogP contribution in [-0.2, 0) is 4.79 Å². The van der Waals surface area contributed by atoms with E-state index in [1.54, 1.807) is 4.90 Å². The normalized spacial score (nSPS) is 17.5. The zero-order chi connectivity index (χ0) is 22.6. The molecular weight excluding hydrogens is 442 g/mol. The molecule has 32 heavy (non-hydrogen) atoms. The van der Waals surface area contributed by atoms with Crippen molar-refractivity contribution in [2.75, 3.05) is 31.1 Å². The molecule has 3 heterocycles. The average Bonchev–Trinajstić information content (AvgIpc) is 2.96. The molecule has 10 heteroatoms. The number of rotatable bonds is 2. The standard InChI is InChI=1S/C22H17ClF2N4O3/c1-2-14(31)28-6-7-29-11(8-28)9-32-21-17-20(26-10-27-22(17)29)19(25)16(18(21)23)15-12(24)4-3-5-13(15)30/h2-5,10-11,30H,1,6-9H2/t11-/m0/s1. The number of benzene rings is 2. The number of fused-ring (bicyclic) bond motifs is 2. The Balaban J connectivity index is 1.72. The number of halogens is 3. The van der Waals surface area contributed by atoms with Crippen LogP contribution in [0.25, 0.3) is 22.0 Å². The Morgan fingerprint density at radius 1 is 1.28 bits per heavy atom. The maximum atomic E-state index is 15.7. The number of aromatic nitrogens is 2. The number of hydrogen-bond acceptors (Lipinski definition) is 6. The first-order valence-corrected chi connectivity index (χ1v) is 10.2. The molecule has 1 atom stereocenters. The molecule has 0 saturated carbocycles. The van der Waals surface area contributed by atoms with Gasteiger partial charge in [0.2, 0.25) is 5.91 Å². The van der Waals surface area contributed by atoms with Crippen molar-refractivity contribution in [2.45, 2.75) is 6.04 Å². The molecular formula is C22H17ClF2N4O3. The van der Waals surface area contributed by atoms with Gasteiger partial charge in [0.25, 0.3) is 0 Å². The zero-order valence-corrected chi connectivity index (χ0v) is 17.4. The van der Waals surface area contributed by atoms with Crippen LogP contribution in [-0.4, -0.2) is 58.2 Å². The molecule has 2 aromatic carbocycles. The summed E-state index contributed by atoms with van der Waals surface area (Å²) in [6, 6.07) is 3.38. The van der Waals surface area contributed by atoms with Gasteiger partial charge >= 0.3 is 0 Å². The predicted octanol–water partition coefficient (Wildman–Crippen LogP) is 3.53. The maximum absolute atomic E-state index is 15.7. The van der Waals surface area contributed by atoms with Crippen LogP contribution in [0.3, 0.4) is 0 Å². The monoisotopic (exact) mass is 458 g/mol. The molecule has 2 aliphatic heterocycles. The van der Waals surface area contributed by atoms with Gasteiger partial charge in [0.1, 0.15) is 35.8 Å². The molecule has 7 nitrogen and oxygen atoms in total. The van der Waals surface area contributed by atoms with E-state index in [1.807, 2.05) is 4.90 Å². The van der Waals surface area contributed by atoms with Gasteiger partial charge < -0.3 is 19.6 Å². The number of phenols is 1. The first kappa shape index (κ1) is 20.4. The van der Waals surface area contributed by atoms with Gasteiger partial charge in [-0.3, -0.25) is 4.79 Å². The van der Waals surface area contributed by atoms with E-state index in [0.717, 1.165) is 6.07 Å².